The van der Waals surface area contributed by atoms with Gasteiger partial charge in [0.05, 0.1) is 29.5 Å². The van der Waals surface area contributed by atoms with Crippen molar-refractivity contribution in [2.24, 2.45) is 22.2 Å². The van der Waals surface area contributed by atoms with Crippen LogP contribution < -0.4 is 0 Å². The molecule has 3 heteroatoms. The van der Waals surface area contributed by atoms with E-state index >= 15 is 0 Å². The lowest BCUT2D eigenvalue weighted by atomic mass is 9.38. The van der Waals surface area contributed by atoms with Crippen LogP contribution in [0.1, 0.15) is 18.4 Å². The molecule has 7 rings (SSSR count). The summed E-state index contributed by atoms with van der Waals surface area (Å²) in [6.45, 7) is 6.37. The van der Waals surface area contributed by atoms with E-state index in [0.29, 0.717) is 17.9 Å². The van der Waals surface area contributed by atoms with E-state index in [1.165, 1.54) is 23.4 Å². The number of hydrogen-bond donors (Lipinski definition) is 0. The zero-order valence-corrected chi connectivity index (χ0v) is 13.5. The highest BCUT2D eigenvalue weighted by molar-refractivity contribution is 6.07. The fourth-order valence-corrected chi connectivity index (χ4v) is 6.95. The number of hydrogen-bond acceptors (Lipinski definition) is 3. The Morgan fingerprint density at radius 1 is 1.39 bits per heavy atom. The molecular formula is C20H22N2O. The van der Waals surface area contributed by atoms with Gasteiger partial charge in [-0.15, -0.1) is 6.58 Å². The molecule has 2 saturated carbocycles. The molecule has 118 valence electrons. The van der Waals surface area contributed by atoms with Crippen LogP contribution in [0.2, 0.25) is 0 Å². The lowest BCUT2D eigenvalue weighted by molar-refractivity contribution is -0.190. The maximum absolute atomic E-state index is 6.32. The third-order valence-corrected chi connectivity index (χ3v) is 7.73. The molecule has 4 heterocycles. The largest absolute Gasteiger partial charge is 0.372 e. The fraction of sp³-hybridized carbons (Fsp3) is 0.550. The van der Waals surface area contributed by atoms with Gasteiger partial charge in [-0.25, -0.2) is 0 Å². The summed E-state index contributed by atoms with van der Waals surface area (Å²) in [7, 11) is 2.29. The molecule has 23 heavy (non-hydrogen) atoms. The first-order valence-corrected chi connectivity index (χ1v) is 8.85. The monoisotopic (exact) mass is 306 g/mol. The minimum Gasteiger partial charge on any atom is -0.372 e. The van der Waals surface area contributed by atoms with Crippen molar-refractivity contribution in [1.29, 1.82) is 0 Å². The van der Waals surface area contributed by atoms with Gasteiger partial charge < -0.3 is 9.64 Å². The van der Waals surface area contributed by atoms with Gasteiger partial charge in [-0.3, -0.25) is 4.99 Å². The summed E-state index contributed by atoms with van der Waals surface area (Å²) in [6.07, 6.45) is 4.85. The summed E-state index contributed by atoms with van der Waals surface area (Å²) >= 11 is 0. The second-order valence-corrected chi connectivity index (χ2v) is 8.18. The molecular weight excluding hydrogens is 284 g/mol. The van der Waals surface area contributed by atoms with Crippen LogP contribution in [0.3, 0.4) is 0 Å². The number of nitrogens with zero attached hydrogens (tertiary/aromatic N) is 2. The summed E-state index contributed by atoms with van der Waals surface area (Å²) in [5, 5.41) is 0. The van der Waals surface area contributed by atoms with Crippen LogP contribution in [0.25, 0.3) is 0 Å². The Morgan fingerprint density at radius 3 is 3.13 bits per heavy atom. The second-order valence-electron chi connectivity index (χ2n) is 8.18. The average Bonchev–Trinajstić information content (AvgIpc) is 2.90. The van der Waals surface area contributed by atoms with Crippen LogP contribution >= 0.6 is 0 Å². The first-order chi connectivity index (χ1) is 11.2. The molecule has 0 unspecified atom stereocenters. The van der Waals surface area contributed by atoms with E-state index in [1.54, 1.807) is 0 Å². The van der Waals surface area contributed by atoms with Crippen LogP contribution in [0, 0.1) is 17.3 Å². The summed E-state index contributed by atoms with van der Waals surface area (Å²) in [5.74, 6) is 1.35. The average molecular weight is 306 g/mol. The molecule has 3 nitrogen and oxygen atoms in total. The predicted molar refractivity (Wildman–Crippen MR) is 90.2 cm³/mol. The van der Waals surface area contributed by atoms with Crippen molar-refractivity contribution in [3.05, 3.63) is 42.5 Å². The summed E-state index contributed by atoms with van der Waals surface area (Å²) in [6, 6.07) is 9.39. The van der Waals surface area contributed by atoms with Crippen LogP contribution in [-0.2, 0) is 10.2 Å². The third-order valence-electron chi connectivity index (χ3n) is 7.73. The van der Waals surface area contributed by atoms with E-state index in [0.717, 1.165) is 19.6 Å². The van der Waals surface area contributed by atoms with E-state index in [4.69, 9.17) is 9.73 Å². The summed E-state index contributed by atoms with van der Waals surface area (Å²) < 4.78 is 6.32. The Kier molecular flexibility index (Phi) is 2.12. The Morgan fingerprint density at radius 2 is 2.26 bits per heavy atom. The Bertz CT molecular complexity index is 771. The standard InChI is InChI=1S/C20H22N2O/c1-3-19-11-22(2)16-9-20(19)13-6-4-5-7-15(13)21-18(20)17-8-14(19)12(16)10-23-17/h3-7,12,14,16-17H,1,8-11H2,2H3/t12-,14+,16-,17-,19-,20+/m0/s1. The van der Waals surface area contributed by atoms with E-state index in [2.05, 4.69) is 48.9 Å². The molecule has 0 N–H and O–H groups in total. The van der Waals surface area contributed by atoms with Crippen molar-refractivity contribution in [1.82, 2.24) is 4.90 Å². The number of para-hydroxylation sites is 1. The van der Waals surface area contributed by atoms with Crippen molar-refractivity contribution in [2.45, 2.75) is 30.4 Å². The SMILES string of the molecule is C=C[C@@]12CN(C)[C@H]3C[C@@]14C(=Nc1ccccc14)[C@@H]1C[C@@H]2[C@@H]3CO1. The molecule has 4 aliphatic heterocycles. The van der Waals surface area contributed by atoms with Crippen LogP contribution in [0.4, 0.5) is 5.69 Å². The molecule has 1 spiro atoms. The number of aliphatic imine (C=N–C) groups is 1. The van der Waals surface area contributed by atoms with Crippen LogP contribution in [-0.4, -0.2) is 43.0 Å². The van der Waals surface area contributed by atoms with Gasteiger partial charge >= 0.3 is 0 Å². The van der Waals surface area contributed by atoms with E-state index in [9.17, 15) is 0 Å². The third kappa shape index (κ3) is 1.15. The van der Waals surface area contributed by atoms with Crippen molar-refractivity contribution in [3.63, 3.8) is 0 Å². The van der Waals surface area contributed by atoms with Gasteiger partial charge in [0.2, 0.25) is 0 Å². The predicted octanol–water partition coefficient (Wildman–Crippen LogP) is 2.94. The second kappa shape index (κ2) is 3.79. The quantitative estimate of drug-likeness (QED) is 0.745. The van der Waals surface area contributed by atoms with Gasteiger partial charge in [-0.05, 0) is 37.4 Å². The summed E-state index contributed by atoms with van der Waals surface area (Å²) in [5.41, 5.74) is 4.07. The molecule has 0 radical (unpaired) electrons. The highest BCUT2D eigenvalue weighted by atomic mass is 16.5. The minimum absolute atomic E-state index is 0.0347. The Balaban J connectivity index is 1.72. The molecule has 3 saturated heterocycles. The molecule has 6 atom stereocenters. The summed E-state index contributed by atoms with van der Waals surface area (Å²) in [4.78, 5) is 7.70. The van der Waals surface area contributed by atoms with Crippen molar-refractivity contribution in [3.8, 4) is 0 Å². The van der Waals surface area contributed by atoms with Gasteiger partial charge in [0.15, 0.2) is 0 Å². The number of fused-ring (bicyclic) bond motifs is 4. The topological polar surface area (TPSA) is 24.8 Å². The van der Waals surface area contributed by atoms with Crippen molar-refractivity contribution < 1.29 is 4.74 Å². The van der Waals surface area contributed by atoms with Gasteiger partial charge in [-0.2, -0.15) is 0 Å². The van der Waals surface area contributed by atoms with E-state index in [1.807, 2.05) is 0 Å². The molecule has 1 aromatic carbocycles. The number of ether oxygens (including phenoxy) is 1. The molecule has 0 amide bonds. The maximum Gasteiger partial charge on any atom is 0.0968 e. The van der Waals surface area contributed by atoms with E-state index < -0.39 is 0 Å². The molecule has 1 aromatic rings. The number of rotatable bonds is 1. The first-order valence-electron chi connectivity index (χ1n) is 8.85. The van der Waals surface area contributed by atoms with Gasteiger partial charge in [0.1, 0.15) is 0 Å². The molecule has 0 aromatic heterocycles. The van der Waals surface area contributed by atoms with Crippen molar-refractivity contribution in [2.75, 3.05) is 20.2 Å². The normalized spacial score (nSPS) is 48.8. The van der Waals surface area contributed by atoms with Crippen LogP contribution in [0.5, 0.6) is 0 Å². The zero-order valence-electron chi connectivity index (χ0n) is 13.5. The van der Waals surface area contributed by atoms with Gasteiger partial charge in [-0.1, -0.05) is 24.3 Å². The maximum atomic E-state index is 6.32. The fourth-order valence-electron chi connectivity index (χ4n) is 6.95. The molecule has 5 fully saturated rings. The molecule has 5 bridgehead atoms. The van der Waals surface area contributed by atoms with Crippen LogP contribution in [0.15, 0.2) is 41.9 Å². The smallest absolute Gasteiger partial charge is 0.0968 e. The van der Waals surface area contributed by atoms with Gasteiger partial charge in [0.25, 0.3) is 0 Å². The van der Waals surface area contributed by atoms with Gasteiger partial charge in [0, 0.05) is 23.9 Å². The van der Waals surface area contributed by atoms with E-state index in [-0.39, 0.29) is 16.9 Å². The van der Waals surface area contributed by atoms with Crippen molar-refractivity contribution >= 4 is 11.4 Å². The number of piperidine rings is 2. The zero-order chi connectivity index (χ0) is 15.4. The highest BCUT2D eigenvalue weighted by Crippen LogP contribution is 2.70. The lowest BCUT2D eigenvalue weighted by Gasteiger charge is -2.72. The minimum atomic E-state index is 0.0347. The Hall–Kier alpha value is -1.45. The first kappa shape index (κ1) is 12.9. The lowest BCUT2D eigenvalue weighted by Crippen LogP contribution is -2.78. The molecule has 6 aliphatic rings. The Labute approximate surface area is 137 Å². The number of benzene rings is 1. The molecule has 2 aliphatic carbocycles. The highest BCUT2D eigenvalue weighted by Gasteiger charge is 2.74.